The van der Waals surface area contributed by atoms with E-state index in [9.17, 15) is 9.90 Å². The number of aromatic nitrogens is 2. The Bertz CT molecular complexity index is 438. The van der Waals surface area contributed by atoms with E-state index in [1.165, 1.54) is 6.07 Å². The van der Waals surface area contributed by atoms with Gasteiger partial charge >= 0.3 is 0 Å². The molecule has 1 aromatic carbocycles. The van der Waals surface area contributed by atoms with Crippen molar-refractivity contribution < 1.29 is 9.90 Å². The summed E-state index contributed by atoms with van der Waals surface area (Å²) in [6.45, 7) is 0. The summed E-state index contributed by atoms with van der Waals surface area (Å²) in [4.78, 5) is 10.6. The van der Waals surface area contributed by atoms with Gasteiger partial charge in [-0.05, 0) is 17.6 Å². The second-order valence-corrected chi connectivity index (χ2v) is 2.97. The molecule has 0 amide bonds. The number of carbonyl (C=O) groups is 1. The first-order valence-electron chi connectivity index (χ1n) is 3.21. The highest BCUT2D eigenvalue weighted by atomic mass is 32.1. The minimum Gasteiger partial charge on any atom is -0.545 e. The minimum absolute atomic E-state index is 0.155. The third-order valence-electron chi connectivity index (χ3n) is 1.49. The van der Waals surface area contributed by atoms with Crippen molar-refractivity contribution in [1.82, 2.24) is 9.59 Å². The maximum Gasteiger partial charge on any atom is 0.106 e. The molecule has 0 fully saturated rings. The van der Waals surface area contributed by atoms with Crippen LogP contribution in [-0.2, 0) is 0 Å². The molecule has 60 valence electrons. The number of carboxylic acid groups (broad SMARTS) is 1. The van der Waals surface area contributed by atoms with Crippen molar-refractivity contribution in [1.29, 1.82) is 0 Å². The standard InChI is InChI=1S/C7H4N2O2S/c10-7(11)4-2-1-3-5-6(4)12-9-8-5/h1-3H,(H,10,11)/p-1. The minimum atomic E-state index is -1.19. The molecule has 0 bridgehead atoms. The molecule has 0 radical (unpaired) electrons. The maximum atomic E-state index is 10.6. The summed E-state index contributed by atoms with van der Waals surface area (Å²) in [6, 6.07) is 4.82. The van der Waals surface area contributed by atoms with E-state index in [2.05, 4.69) is 9.59 Å². The Balaban J connectivity index is 2.82. The van der Waals surface area contributed by atoms with Crippen molar-refractivity contribution in [2.45, 2.75) is 0 Å². The molecule has 0 aliphatic heterocycles. The van der Waals surface area contributed by atoms with E-state index in [-0.39, 0.29) is 5.56 Å². The predicted molar refractivity (Wildman–Crippen MR) is 41.7 cm³/mol. The largest absolute Gasteiger partial charge is 0.545 e. The maximum absolute atomic E-state index is 10.6. The van der Waals surface area contributed by atoms with E-state index < -0.39 is 5.97 Å². The quantitative estimate of drug-likeness (QED) is 0.620. The van der Waals surface area contributed by atoms with Gasteiger partial charge in [0.25, 0.3) is 0 Å². The summed E-state index contributed by atoms with van der Waals surface area (Å²) in [7, 11) is 0. The van der Waals surface area contributed by atoms with Gasteiger partial charge in [-0.2, -0.15) is 0 Å². The first-order chi connectivity index (χ1) is 5.79. The molecule has 1 aromatic heterocycles. The summed E-state index contributed by atoms with van der Waals surface area (Å²) in [5.74, 6) is -1.19. The first-order valence-corrected chi connectivity index (χ1v) is 3.99. The van der Waals surface area contributed by atoms with Crippen LogP contribution < -0.4 is 5.11 Å². The molecule has 0 spiro atoms. The zero-order valence-electron chi connectivity index (χ0n) is 5.85. The summed E-state index contributed by atoms with van der Waals surface area (Å²) >= 11 is 1.06. The molecule has 2 aromatic rings. The van der Waals surface area contributed by atoms with E-state index >= 15 is 0 Å². The van der Waals surface area contributed by atoms with Gasteiger partial charge in [-0.3, -0.25) is 0 Å². The van der Waals surface area contributed by atoms with Crippen molar-refractivity contribution in [3.8, 4) is 0 Å². The van der Waals surface area contributed by atoms with Gasteiger partial charge in [0.1, 0.15) is 5.52 Å². The molecule has 0 atom stereocenters. The Kier molecular flexibility index (Phi) is 1.51. The van der Waals surface area contributed by atoms with Crippen LogP contribution in [-0.4, -0.2) is 15.6 Å². The van der Waals surface area contributed by atoms with Gasteiger partial charge < -0.3 is 9.90 Å². The lowest BCUT2D eigenvalue weighted by Crippen LogP contribution is -2.22. The van der Waals surface area contributed by atoms with Crippen LogP contribution in [0.4, 0.5) is 0 Å². The predicted octanol–water partition coefficient (Wildman–Crippen LogP) is 0.0548. The number of rotatable bonds is 1. The number of carboxylic acids is 1. The molecule has 0 saturated carbocycles. The van der Waals surface area contributed by atoms with Crippen LogP contribution in [0.1, 0.15) is 10.4 Å². The molecule has 0 N–H and O–H groups in total. The van der Waals surface area contributed by atoms with Crippen LogP contribution >= 0.6 is 11.5 Å². The number of hydrogen-bond donors (Lipinski definition) is 0. The molecule has 0 saturated heterocycles. The average molecular weight is 179 g/mol. The van der Waals surface area contributed by atoms with Gasteiger partial charge in [-0.15, -0.1) is 5.10 Å². The van der Waals surface area contributed by atoms with Gasteiger partial charge in [-0.1, -0.05) is 16.6 Å². The van der Waals surface area contributed by atoms with Gasteiger partial charge in [0.2, 0.25) is 0 Å². The molecular weight excluding hydrogens is 176 g/mol. The zero-order valence-corrected chi connectivity index (χ0v) is 6.67. The molecule has 5 heteroatoms. The molecule has 2 rings (SSSR count). The Morgan fingerprint density at radius 3 is 3.08 bits per heavy atom. The van der Waals surface area contributed by atoms with Crippen molar-refractivity contribution >= 4 is 27.7 Å². The van der Waals surface area contributed by atoms with Crippen LogP contribution in [0, 0.1) is 0 Å². The molecule has 0 aliphatic carbocycles. The van der Waals surface area contributed by atoms with E-state index in [1.54, 1.807) is 12.1 Å². The van der Waals surface area contributed by atoms with Gasteiger partial charge in [0, 0.05) is 5.56 Å². The number of nitrogens with zero attached hydrogens (tertiary/aromatic N) is 2. The SMILES string of the molecule is O=C([O-])c1cccc2nnsc12. The number of aromatic carboxylic acids is 1. The zero-order chi connectivity index (χ0) is 8.55. The molecule has 12 heavy (non-hydrogen) atoms. The Hall–Kier alpha value is -1.49. The van der Waals surface area contributed by atoms with Crippen LogP contribution in [0.15, 0.2) is 18.2 Å². The van der Waals surface area contributed by atoms with Crippen LogP contribution in [0.5, 0.6) is 0 Å². The topological polar surface area (TPSA) is 65.9 Å². The fourth-order valence-electron chi connectivity index (χ4n) is 0.965. The molecule has 0 unspecified atom stereocenters. The summed E-state index contributed by atoms with van der Waals surface area (Å²) in [5.41, 5.74) is 0.754. The lowest BCUT2D eigenvalue weighted by Gasteiger charge is -2.00. The van der Waals surface area contributed by atoms with E-state index in [4.69, 9.17) is 0 Å². The third-order valence-corrected chi connectivity index (χ3v) is 2.27. The van der Waals surface area contributed by atoms with Crippen LogP contribution in [0.3, 0.4) is 0 Å². The van der Waals surface area contributed by atoms with Crippen LogP contribution in [0.25, 0.3) is 10.2 Å². The smallest absolute Gasteiger partial charge is 0.106 e. The number of benzene rings is 1. The van der Waals surface area contributed by atoms with E-state index in [0.29, 0.717) is 10.2 Å². The number of hydrogen-bond acceptors (Lipinski definition) is 5. The summed E-state index contributed by atoms with van der Waals surface area (Å²) in [5, 5.41) is 14.3. The molecule has 1 heterocycles. The van der Waals surface area contributed by atoms with Crippen molar-refractivity contribution in [3.05, 3.63) is 23.8 Å². The lowest BCUT2D eigenvalue weighted by molar-refractivity contribution is -0.254. The highest BCUT2D eigenvalue weighted by Gasteiger charge is 2.03. The fourth-order valence-corrected chi connectivity index (χ4v) is 1.63. The van der Waals surface area contributed by atoms with Crippen molar-refractivity contribution in [2.75, 3.05) is 0 Å². The van der Waals surface area contributed by atoms with E-state index in [1.807, 2.05) is 0 Å². The number of fused-ring (bicyclic) bond motifs is 1. The number of carbonyl (C=O) groups excluding carboxylic acids is 1. The summed E-state index contributed by atoms with van der Waals surface area (Å²) < 4.78 is 4.21. The Labute approximate surface area is 71.6 Å². The Morgan fingerprint density at radius 2 is 2.33 bits per heavy atom. The first kappa shape index (κ1) is 7.17. The van der Waals surface area contributed by atoms with Crippen molar-refractivity contribution in [3.63, 3.8) is 0 Å². The molecular formula is C7H3N2O2S-. The monoisotopic (exact) mass is 179 g/mol. The second-order valence-electron chi connectivity index (χ2n) is 2.21. The van der Waals surface area contributed by atoms with Gasteiger partial charge in [-0.25, -0.2) is 0 Å². The Morgan fingerprint density at radius 1 is 1.50 bits per heavy atom. The van der Waals surface area contributed by atoms with Crippen LogP contribution in [0.2, 0.25) is 0 Å². The van der Waals surface area contributed by atoms with E-state index in [0.717, 1.165) is 11.5 Å². The fraction of sp³-hybridized carbons (Fsp3) is 0. The summed E-state index contributed by atoms with van der Waals surface area (Å²) in [6.07, 6.45) is 0. The highest BCUT2D eigenvalue weighted by molar-refractivity contribution is 7.13. The van der Waals surface area contributed by atoms with Crippen molar-refractivity contribution in [2.24, 2.45) is 0 Å². The lowest BCUT2D eigenvalue weighted by atomic mass is 10.2. The normalized spacial score (nSPS) is 10.3. The third kappa shape index (κ3) is 0.947. The second kappa shape index (κ2) is 2.53. The highest BCUT2D eigenvalue weighted by Crippen LogP contribution is 2.19. The molecule has 0 aliphatic rings. The molecule has 4 nitrogen and oxygen atoms in total. The van der Waals surface area contributed by atoms with Gasteiger partial charge in [0.05, 0.1) is 10.7 Å². The average Bonchev–Trinajstić information content (AvgIpc) is 2.49. The van der Waals surface area contributed by atoms with Gasteiger partial charge in [0.15, 0.2) is 0 Å².